The highest BCUT2D eigenvalue weighted by atomic mass is 16.5. The fourth-order valence-corrected chi connectivity index (χ4v) is 1.16. The average molecular weight is 196 g/mol. The number of nitrogens with one attached hydrogen (secondary N) is 1. The van der Waals surface area contributed by atoms with Crippen LogP contribution in [-0.4, -0.2) is 23.8 Å². The summed E-state index contributed by atoms with van der Waals surface area (Å²) < 4.78 is 5.53. The summed E-state index contributed by atoms with van der Waals surface area (Å²) in [5.74, 6) is 0. The van der Waals surface area contributed by atoms with E-state index in [4.69, 9.17) is 4.74 Å². The summed E-state index contributed by atoms with van der Waals surface area (Å²) in [4.78, 5) is 0. The first-order valence-corrected chi connectivity index (χ1v) is 5.07. The Morgan fingerprint density at radius 1 is 1.43 bits per heavy atom. The fourth-order valence-electron chi connectivity index (χ4n) is 1.16. The normalized spacial score (nSPS) is 16.6. The molecule has 0 aromatic heterocycles. The summed E-state index contributed by atoms with van der Waals surface area (Å²) in [7, 11) is 0. The lowest BCUT2D eigenvalue weighted by Gasteiger charge is -2.20. The Bertz CT molecular complexity index is 244. The van der Waals surface area contributed by atoms with Crippen LogP contribution in [0.3, 0.4) is 0 Å². The molecule has 0 atom stereocenters. The number of hydrogen-bond acceptors (Lipinski definition) is 3. The quantitative estimate of drug-likeness (QED) is 0.744. The van der Waals surface area contributed by atoms with Crippen LogP contribution in [0.5, 0.6) is 0 Å². The Hall–Kier alpha value is -0.960. The van der Waals surface area contributed by atoms with Crippen LogP contribution < -0.4 is 5.43 Å². The van der Waals surface area contributed by atoms with Gasteiger partial charge >= 0.3 is 0 Å². The maximum absolute atomic E-state index is 5.53. The average Bonchev–Trinajstić information content (AvgIpc) is 2.43. The fraction of sp³-hybridized carbons (Fsp3) is 0.636. The molecule has 14 heavy (non-hydrogen) atoms. The van der Waals surface area contributed by atoms with Crippen LogP contribution in [0.15, 0.2) is 24.0 Å². The summed E-state index contributed by atoms with van der Waals surface area (Å²) in [6.45, 7) is 12.9. The Kier molecular flexibility index (Phi) is 3.58. The van der Waals surface area contributed by atoms with E-state index in [0.717, 1.165) is 11.3 Å². The second-order valence-electron chi connectivity index (χ2n) is 4.11. The van der Waals surface area contributed by atoms with Crippen LogP contribution >= 0.6 is 0 Å². The van der Waals surface area contributed by atoms with Gasteiger partial charge in [-0.05, 0) is 27.7 Å². The Morgan fingerprint density at radius 3 is 2.50 bits per heavy atom. The highest BCUT2D eigenvalue weighted by Gasteiger charge is 2.17. The summed E-state index contributed by atoms with van der Waals surface area (Å²) in [6, 6.07) is 0.434. The van der Waals surface area contributed by atoms with E-state index in [2.05, 4.69) is 32.1 Å². The van der Waals surface area contributed by atoms with Gasteiger partial charge in [0.15, 0.2) is 0 Å². The Balaban J connectivity index is 2.51. The molecule has 1 heterocycles. The number of ether oxygens (including phenoxy) is 1. The number of rotatable bonds is 4. The second-order valence-corrected chi connectivity index (χ2v) is 4.11. The first-order valence-electron chi connectivity index (χ1n) is 5.07. The molecule has 1 N–H and O–H groups in total. The van der Waals surface area contributed by atoms with E-state index < -0.39 is 0 Å². The van der Waals surface area contributed by atoms with Crippen LogP contribution in [0.4, 0.5) is 0 Å². The highest BCUT2D eigenvalue weighted by Crippen LogP contribution is 2.16. The molecule has 1 rings (SSSR count). The number of hydrazine groups is 1. The molecule has 0 radical (unpaired) electrons. The molecule has 1 aliphatic heterocycles. The Labute approximate surface area is 86.4 Å². The van der Waals surface area contributed by atoms with E-state index >= 15 is 0 Å². The summed E-state index contributed by atoms with van der Waals surface area (Å²) in [5, 5.41) is 2.04. The zero-order chi connectivity index (χ0) is 10.7. The van der Waals surface area contributed by atoms with E-state index in [1.54, 1.807) is 0 Å². The van der Waals surface area contributed by atoms with Crippen LogP contribution in [0.2, 0.25) is 0 Å². The van der Waals surface area contributed by atoms with E-state index in [0.29, 0.717) is 12.6 Å². The van der Waals surface area contributed by atoms with Gasteiger partial charge in [0.25, 0.3) is 0 Å². The topological polar surface area (TPSA) is 24.5 Å². The molecule has 0 aliphatic carbocycles. The molecule has 0 saturated heterocycles. The van der Waals surface area contributed by atoms with Crippen molar-refractivity contribution < 1.29 is 4.74 Å². The molecular formula is C11H20N2O. The van der Waals surface area contributed by atoms with Gasteiger partial charge in [-0.3, -0.25) is 10.4 Å². The van der Waals surface area contributed by atoms with Gasteiger partial charge in [-0.1, -0.05) is 6.58 Å². The van der Waals surface area contributed by atoms with E-state index in [9.17, 15) is 0 Å². The molecule has 80 valence electrons. The van der Waals surface area contributed by atoms with E-state index in [-0.39, 0.29) is 6.10 Å². The monoisotopic (exact) mass is 196 g/mol. The second kappa shape index (κ2) is 4.51. The van der Waals surface area contributed by atoms with Crippen molar-refractivity contribution in [1.29, 1.82) is 0 Å². The maximum Gasteiger partial charge on any atom is 0.0755 e. The standard InChI is InChI=1S/C11H20N2O/c1-8(2)13-6-11(10(5)12-13)7-14-9(3)4/h6,8-9,12H,5,7H2,1-4H3. The molecular weight excluding hydrogens is 176 g/mol. The Morgan fingerprint density at radius 2 is 2.07 bits per heavy atom. The van der Waals surface area contributed by atoms with Crippen molar-refractivity contribution in [3.8, 4) is 0 Å². The van der Waals surface area contributed by atoms with Crippen molar-refractivity contribution in [3.05, 3.63) is 24.0 Å². The van der Waals surface area contributed by atoms with Crippen LogP contribution in [-0.2, 0) is 4.74 Å². The van der Waals surface area contributed by atoms with Crippen molar-refractivity contribution in [3.63, 3.8) is 0 Å². The molecule has 3 nitrogen and oxygen atoms in total. The van der Waals surface area contributed by atoms with Gasteiger partial charge in [0.05, 0.1) is 18.4 Å². The molecule has 0 amide bonds. The smallest absolute Gasteiger partial charge is 0.0755 e. The summed E-state index contributed by atoms with van der Waals surface area (Å²) in [5.41, 5.74) is 5.27. The first kappa shape index (κ1) is 11.1. The van der Waals surface area contributed by atoms with Crippen molar-refractivity contribution in [1.82, 2.24) is 10.4 Å². The van der Waals surface area contributed by atoms with Crippen molar-refractivity contribution in [2.45, 2.75) is 39.8 Å². The lowest BCUT2D eigenvalue weighted by atomic mass is 10.2. The van der Waals surface area contributed by atoms with Gasteiger partial charge in [-0.15, -0.1) is 0 Å². The van der Waals surface area contributed by atoms with Gasteiger partial charge in [-0.25, -0.2) is 0 Å². The van der Waals surface area contributed by atoms with Gasteiger partial charge in [-0.2, -0.15) is 0 Å². The van der Waals surface area contributed by atoms with Crippen molar-refractivity contribution in [2.24, 2.45) is 0 Å². The molecule has 0 unspecified atom stereocenters. The molecule has 3 heteroatoms. The predicted octanol–water partition coefficient (Wildman–Crippen LogP) is 2.04. The molecule has 0 aromatic rings. The zero-order valence-electron chi connectivity index (χ0n) is 9.50. The van der Waals surface area contributed by atoms with Crippen molar-refractivity contribution >= 4 is 0 Å². The lowest BCUT2D eigenvalue weighted by molar-refractivity contribution is 0.0983. The van der Waals surface area contributed by atoms with Gasteiger partial charge in [0.2, 0.25) is 0 Å². The molecule has 0 spiro atoms. The minimum Gasteiger partial charge on any atom is -0.374 e. The van der Waals surface area contributed by atoms with Crippen LogP contribution in [0.1, 0.15) is 27.7 Å². The van der Waals surface area contributed by atoms with Gasteiger partial charge < -0.3 is 4.74 Å². The molecule has 0 bridgehead atoms. The third-order valence-corrected chi connectivity index (χ3v) is 2.08. The van der Waals surface area contributed by atoms with Crippen LogP contribution in [0.25, 0.3) is 0 Å². The molecule has 0 fully saturated rings. The zero-order valence-corrected chi connectivity index (χ0v) is 9.50. The van der Waals surface area contributed by atoms with E-state index in [1.807, 2.05) is 18.9 Å². The van der Waals surface area contributed by atoms with Gasteiger partial charge in [0, 0.05) is 17.8 Å². The molecule has 0 aromatic carbocycles. The maximum atomic E-state index is 5.53. The van der Waals surface area contributed by atoms with Crippen molar-refractivity contribution in [2.75, 3.05) is 6.61 Å². The van der Waals surface area contributed by atoms with Gasteiger partial charge in [0.1, 0.15) is 0 Å². The third-order valence-electron chi connectivity index (χ3n) is 2.08. The highest BCUT2D eigenvalue weighted by molar-refractivity contribution is 5.30. The largest absolute Gasteiger partial charge is 0.374 e. The lowest BCUT2D eigenvalue weighted by Crippen LogP contribution is -2.33. The minimum absolute atomic E-state index is 0.261. The molecule has 1 aliphatic rings. The summed E-state index contributed by atoms with van der Waals surface area (Å²) in [6.07, 6.45) is 2.33. The minimum atomic E-state index is 0.261. The van der Waals surface area contributed by atoms with E-state index in [1.165, 1.54) is 0 Å². The summed E-state index contributed by atoms with van der Waals surface area (Å²) >= 11 is 0. The molecule has 0 saturated carbocycles. The predicted molar refractivity (Wildman–Crippen MR) is 58.4 cm³/mol. The third kappa shape index (κ3) is 2.77. The van der Waals surface area contributed by atoms with Crippen LogP contribution in [0, 0.1) is 0 Å². The first-order chi connectivity index (χ1) is 6.50. The SMILES string of the molecule is C=C1NN(C(C)C)C=C1COC(C)C. The number of hydrogen-bond donors (Lipinski definition) is 1. The number of nitrogens with zero attached hydrogens (tertiary/aromatic N) is 1.